The largest absolute Gasteiger partial charge is 0.379 e. The first-order valence-corrected chi connectivity index (χ1v) is 6.74. The Kier molecular flexibility index (Phi) is 7.01. The second-order valence-corrected chi connectivity index (χ2v) is 4.97. The van der Waals surface area contributed by atoms with E-state index in [1.165, 1.54) is 38.9 Å². The van der Waals surface area contributed by atoms with Crippen LogP contribution in [0.1, 0.15) is 33.1 Å². The van der Waals surface area contributed by atoms with Crippen LogP contribution in [-0.4, -0.2) is 62.3 Å². The van der Waals surface area contributed by atoms with Crippen LogP contribution in [-0.2, 0) is 4.74 Å². The molecule has 3 heteroatoms. The molecule has 0 N–H and O–H groups in total. The Morgan fingerprint density at radius 2 is 1.94 bits per heavy atom. The van der Waals surface area contributed by atoms with Gasteiger partial charge in [-0.1, -0.05) is 6.92 Å². The average molecular weight is 228 g/mol. The maximum absolute atomic E-state index is 5.74. The summed E-state index contributed by atoms with van der Waals surface area (Å²) >= 11 is 0. The number of likely N-dealkylation sites (N-methyl/N-ethyl adjacent to an activating group) is 1. The van der Waals surface area contributed by atoms with Gasteiger partial charge in [0.15, 0.2) is 0 Å². The van der Waals surface area contributed by atoms with Crippen LogP contribution >= 0.6 is 0 Å². The predicted octanol–water partition coefficient (Wildman–Crippen LogP) is 1.83. The lowest BCUT2D eigenvalue weighted by molar-refractivity contribution is 0.0646. The minimum absolute atomic E-state index is 0.596. The number of hydrogen-bond donors (Lipinski definition) is 0. The number of ether oxygens (including phenoxy) is 1. The van der Waals surface area contributed by atoms with Gasteiger partial charge in [-0.3, -0.25) is 4.90 Å². The molecule has 0 amide bonds. The van der Waals surface area contributed by atoms with Crippen molar-refractivity contribution in [1.29, 1.82) is 0 Å². The number of nitrogens with zero attached hydrogens (tertiary/aromatic N) is 2. The van der Waals surface area contributed by atoms with Crippen molar-refractivity contribution in [3.05, 3.63) is 0 Å². The van der Waals surface area contributed by atoms with E-state index in [1.54, 1.807) is 0 Å². The van der Waals surface area contributed by atoms with Gasteiger partial charge in [0, 0.05) is 12.6 Å². The van der Waals surface area contributed by atoms with E-state index >= 15 is 0 Å². The molecule has 0 bridgehead atoms. The molecule has 0 aromatic rings. The Bertz CT molecular complexity index is 169. The third kappa shape index (κ3) is 5.28. The van der Waals surface area contributed by atoms with Gasteiger partial charge in [-0.2, -0.15) is 0 Å². The fourth-order valence-electron chi connectivity index (χ4n) is 2.26. The van der Waals surface area contributed by atoms with Crippen LogP contribution in [0.25, 0.3) is 0 Å². The second kappa shape index (κ2) is 8.04. The SMILES string of the molecule is CCCN(C)CCOCC(C)N1CCCC1. The van der Waals surface area contributed by atoms with Crippen molar-refractivity contribution in [2.75, 3.05) is 46.4 Å². The summed E-state index contributed by atoms with van der Waals surface area (Å²) < 4.78 is 5.74. The maximum Gasteiger partial charge on any atom is 0.0619 e. The summed E-state index contributed by atoms with van der Waals surface area (Å²) in [5.74, 6) is 0. The van der Waals surface area contributed by atoms with Gasteiger partial charge in [0.25, 0.3) is 0 Å². The summed E-state index contributed by atoms with van der Waals surface area (Å²) in [5.41, 5.74) is 0. The topological polar surface area (TPSA) is 15.7 Å². The summed E-state index contributed by atoms with van der Waals surface area (Å²) in [7, 11) is 2.16. The number of likely N-dealkylation sites (tertiary alicyclic amines) is 1. The molecule has 0 saturated carbocycles. The molecular formula is C13H28N2O. The highest BCUT2D eigenvalue weighted by atomic mass is 16.5. The minimum Gasteiger partial charge on any atom is -0.379 e. The first-order chi connectivity index (χ1) is 7.74. The van der Waals surface area contributed by atoms with Crippen molar-refractivity contribution in [1.82, 2.24) is 9.80 Å². The highest BCUT2D eigenvalue weighted by Gasteiger charge is 2.17. The predicted molar refractivity (Wildman–Crippen MR) is 68.9 cm³/mol. The first-order valence-electron chi connectivity index (χ1n) is 6.74. The molecule has 1 rings (SSSR count). The van der Waals surface area contributed by atoms with Crippen molar-refractivity contribution in [3.8, 4) is 0 Å². The van der Waals surface area contributed by atoms with Gasteiger partial charge >= 0.3 is 0 Å². The standard InChI is InChI=1S/C13H28N2O/c1-4-7-14(3)10-11-16-12-13(2)15-8-5-6-9-15/h13H,4-12H2,1-3H3. The molecule has 1 aliphatic heterocycles. The van der Waals surface area contributed by atoms with Crippen molar-refractivity contribution in [2.24, 2.45) is 0 Å². The van der Waals surface area contributed by atoms with E-state index in [1.807, 2.05) is 0 Å². The molecule has 0 aliphatic carbocycles. The van der Waals surface area contributed by atoms with Crippen LogP contribution in [0.5, 0.6) is 0 Å². The van der Waals surface area contributed by atoms with Crippen LogP contribution in [0.15, 0.2) is 0 Å². The molecule has 1 atom stereocenters. The smallest absolute Gasteiger partial charge is 0.0619 e. The fourth-order valence-corrected chi connectivity index (χ4v) is 2.26. The van der Waals surface area contributed by atoms with E-state index in [0.717, 1.165) is 19.8 Å². The van der Waals surface area contributed by atoms with Gasteiger partial charge in [-0.05, 0) is 52.9 Å². The molecule has 3 nitrogen and oxygen atoms in total. The molecule has 1 unspecified atom stereocenters. The number of hydrogen-bond acceptors (Lipinski definition) is 3. The van der Waals surface area contributed by atoms with Gasteiger partial charge in [-0.15, -0.1) is 0 Å². The van der Waals surface area contributed by atoms with Crippen LogP contribution in [0, 0.1) is 0 Å². The molecule has 0 spiro atoms. The Hall–Kier alpha value is -0.120. The Morgan fingerprint density at radius 1 is 1.25 bits per heavy atom. The molecular weight excluding hydrogens is 200 g/mol. The van der Waals surface area contributed by atoms with Gasteiger partial charge in [-0.25, -0.2) is 0 Å². The molecule has 16 heavy (non-hydrogen) atoms. The number of rotatable bonds is 8. The highest BCUT2D eigenvalue weighted by molar-refractivity contribution is 4.72. The van der Waals surface area contributed by atoms with E-state index < -0.39 is 0 Å². The molecule has 0 aromatic heterocycles. The van der Waals surface area contributed by atoms with Crippen LogP contribution in [0.4, 0.5) is 0 Å². The Balaban J connectivity index is 1.97. The quantitative estimate of drug-likeness (QED) is 0.590. The summed E-state index contributed by atoms with van der Waals surface area (Å²) in [6.45, 7) is 11.0. The van der Waals surface area contributed by atoms with Gasteiger partial charge < -0.3 is 9.64 Å². The minimum atomic E-state index is 0.596. The summed E-state index contributed by atoms with van der Waals surface area (Å²) in [6, 6.07) is 0.596. The molecule has 1 fully saturated rings. The molecule has 0 radical (unpaired) electrons. The lowest BCUT2D eigenvalue weighted by atomic mass is 10.3. The van der Waals surface area contributed by atoms with Crippen molar-refractivity contribution < 1.29 is 4.74 Å². The van der Waals surface area contributed by atoms with E-state index in [2.05, 4.69) is 30.7 Å². The first kappa shape index (κ1) is 13.9. The van der Waals surface area contributed by atoms with Crippen LogP contribution in [0.2, 0.25) is 0 Å². The van der Waals surface area contributed by atoms with E-state index in [0.29, 0.717) is 6.04 Å². The Morgan fingerprint density at radius 3 is 2.56 bits per heavy atom. The molecule has 1 heterocycles. The molecule has 1 aliphatic rings. The fraction of sp³-hybridized carbons (Fsp3) is 1.00. The lowest BCUT2D eigenvalue weighted by Crippen LogP contribution is -2.34. The van der Waals surface area contributed by atoms with Crippen molar-refractivity contribution in [2.45, 2.75) is 39.2 Å². The second-order valence-electron chi connectivity index (χ2n) is 4.97. The molecule has 0 aromatic carbocycles. The van der Waals surface area contributed by atoms with Crippen molar-refractivity contribution in [3.63, 3.8) is 0 Å². The lowest BCUT2D eigenvalue weighted by Gasteiger charge is -2.24. The highest BCUT2D eigenvalue weighted by Crippen LogP contribution is 2.11. The monoisotopic (exact) mass is 228 g/mol. The van der Waals surface area contributed by atoms with E-state index in [4.69, 9.17) is 4.74 Å². The van der Waals surface area contributed by atoms with Crippen LogP contribution in [0.3, 0.4) is 0 Å². The normalized spacial score (nSPS) is 19.5. The van der Waals surface area contributed by atoms with Crippen molar-refractivity contribution >= 4 is 0 Å². The zero-order chi connectivity index (χ0) is 11.8. The van der Waals surface area contributed by atoms with Gasteiger partial charge in [0.1, 0.15) is 0 Å². The molecule has 96 valence electrons. The maximum atomic E-state index is 5.74. The summed E-state index contributed by atoms with van der Waals surface area (Å²) in [4.78, 5) is 4.87. The summed E-state index contributed by atoms with van der Waals surface area (Å²) in [5, 5.41) is 0. The third-order valence-corrected chi connectivity index (χ3v) is 3.35. The third-order valence-electron chi connectivity index (χ3n) is 3.35. The van der Waals surface area contributed by atoms with Gasteiger partial charge in [0.05, 0.1) is 13.2 Å². The van der Waals surface area contributed by atoms with E-state index in [9.17, 15) is 0 Å². The van der Waals surface area contributed by atoms with Gasteiger partial charge in [0.2, 0.25) is 0 Å². The average Bonchev–Trinajstić information content (AvgIpc) is 2.78. The van der Waals surface area contributed by atoms with E-state index in [-0.39, 0.29) is 0 Å². The zero-order valence-corrected chi connectivity index (χ0v) is 11.2. The summed E-state index contributed by atoms with van der Waals surface area (Å²) in [6.07, 6.45) is 3.95. The van der Waals surface area contributed by atoms with Crippen LogP contribution < -0.4 is 0 Å². The Labute approximate surface area is 101 Å². The molecule has 1 saturated heterocycles. The zero-order valence-electron chi connectivity index (χ0n) is 11.2.